The fourth-order valence-corrected chi connectivity index (χ4v) is 8.12. The van der Waals surface area contributed by atoms with Crippen LogP contribution in [-0.2, 0) is 17.6 Å². The van der Waals surface area contributed by atoms with Gasteiger partial charge in [0, 0.05) is 37.6 Å². The highest BCUT2D eigenvalue weighted by atomic mass is 32.2. The molecular weight excluding hydrogens is 549 g/mol. The van der Waals surface area contributed by atoms with E-state index in [9.17, 15) is 9.59 Å². The molecule has 0 N–H and O–H groups in total. The molecule has 8 heteroatoms. The Kier molecular flexibility index (Phi) is 8.42. The van der Waals surface area contributed by atoms with Gasteiger partial charge in [0.1, 0.15) is 4.83 Å². The smallest absolute Gasteiger partial charge is 0.267 e. The topological polar surface area (TPSA) is 58.4 Å². The van der Waals surface area contributed by atoms with E-state index in [0.29, 0.717) is 18.2 Å². The standard InChI is InChI=1S/C33H36N4O2S2/c1-23-11-6-8-16-27(23)37-32(39)29-26-15-7-9-17-28(26)41-30(29)34-33(37)40-24(2)31(38)36-21-19-35(20-22-36)18-10-14-25-12-4-3-5-13-25/h3-6,8,10-14,16,24H,7,9,15,17-22H2,1-2H3/b14-10+. The molecule has 1 amide bonds. The summed E-state index contributed by atoms with van der Waals surface area (Å²) in [6, 6.07) is 18.3. The molecule has 0 spiro atoms. The van der Waals surface area contributed by atoms with Crippen LogP contribution in [0, 0.1) is 6.92 Å². The molecule has 1 fully saturated rings. The van der Waals surface area contributed by atoms with Crippen LogP contribution in [0.15, 0.2) is 70.6 Å². The molecule has 212 valence electrons. The minimum absolute atomic E-state index is 0.0111. The van der Waals surface area contributed by atoms with E-state index in [1.54, 1.807) is 15.9 Å². The zero-order chi connectivity index (χ0) is 28.3. The lowest BCUT2D eigenvalue weighted by atomic mass is 9.97. The Balaban J connectivity index is 1.20. The van der Waals surface area contributed by atoms with E-state index in [1.807, 2.05) is 61.2 Å². The van der Waals surface area contributed by atoms with Crippen molar-refractivity contribution in [3.05, 3.63) is 92.6 Å². The van der Waals surface area contributed by atoms with E-state index >= 15 is 0 Å². The highest BCUT2D eigenvalue weighted by molar-refractivity contribution is 8.00. The molecule has 4 aromatic rings. The van der Waals surface area contributed by atoms with Crippen LogP contribution in [0.3, 0.4) is 0 Å². The number of amides is 1. The molecule has 1 saturated heterocycles. The fourth-order valence-electron chi connectivity index (χ4n) is 5.81. The van der Waals surface area contributed by atoms with Crippen molar-refractivity contribution in [1.82, 2.24) is 19.4 Å². The van der Waals surface area contributed by atoms with Gasteiger partial charge in [0.15, 0.2) is 5.16 Å². The molecule has 0 saturated carbocycles. The number of thiophene rings is 1. The van der Waals surface area contributed by atoms with Gasteiger partial charge in [-0.05, 0) is 62.3 Å². The van der Waals surface area contributed by atoms with Crippen molar-refractivity contribution in [3.8, 4) is 5.69 Å². The molecule has 6 rings (SSSR count). The zero-order valence-electron chi connectivity index (χ0n) is 23.7. The number of carbonyl (C=O) groups excluding carboxylic acids is 1. The maximum Gasteiger partial charge on any atom is 0.267 e. The lowest BCUT2D eigenvalue weighted by molar-refractivity contribution is -0.131. The van der Waals surface area contributed by atoms with E-state index in [1.165, 1.54) is 27.8 Å². The summed E-state index contributed by atoms with van der Waals surface area (Å²) in [5.74, 6) is 0.102. The maximum absolute atomic E-state index is 14.1. The molecule has 0 radical (unpaired) electrons. The van der Waals surface area contributed by atoms with Gasteiger partial charge in [-0.15, -0.1) is 11.3 Å². The third-order valence-electron chi connectivity index (χ3n) is 8.10. The van der Waals surface area contributed by atoms with Crippen LogP contribution >= 0.6 is 23.1 Å². The largest absolute Gasteiger partial charge is 0.339 e. The van der Waals surface area contributed by atoms with Gasteiger partial charge in [-0.25, -0.2) is 4.98 Å². The zero-order valence-corrected chi connectivity index (χ0v) is 25.3. The second kappa shape index (κ2) is 12.3. The van der Waals surface area contributed by atoms with Crippen LogP contribution in [0.2, 0.25) is 0 Å². The van der Waals surface area contributed by atoms with Gasteiger partial charge in [-0.2, -0.15) is 0 Å². The van der Waals surface area contributed by atoms with Crippen LogP contribution in [-0.4, -0.2) is 63.2 Å². The summed E-state index contributed by atoms with van der Waals surface area (Å²) in [5.41, 5.74) is 4.22. The number of piperazine rings is 1. The number of para-hydroxylation sites is 1. The van der Waals surface area contributed by atoms with Crippen molar-refractivity contribution >= 4 is 45.3 Å². The highest BCUT2D eigenvalue weighted by Gasteiger charge is 2.29. The van der Waals surface area contributed by atoms with Gasteiger partial charge in [0.25, 0.3) is 5.56 Å². The Hall–Kier alpha value is -3.20. The Morgan fingerprint density at radius 2 is 1.76 bits per heavy atom. The molecule has 1 aliphatic carbocycles. The molecule has 1 atom stereocenters. The average Bonchev–Trinajstić information content (AvgIpc) is 3.37. The predicted octanol–water partition coefficient (Wildman–Crippen LogP) is 5.97. The van der Waals surface area contributed by atoms with Gasteiger partial charge >= 0.3 is 0 Å². The lowest BCUT2D eigenvalue weighted by Gasteiger charge is -2.35. The lowest BCUT2D eigenvalue weighted by Crippen LogP contribution is -2.50. The highest BCUT2D eigenvalue weighted by Crippen LogP contribution is 2.36. The number of aryl methyl sites for hydroxylation is 3. The van der Waals surface area contributed by atoms with E-state index in [4.69, 9.17) is 4.98 Å². The molecule has 6 nitrogen and oxygen atoms in total. The van der Waals surface area contributed by atoms with Crippen molar-refractivity contribution in [2.45, 2.75) is 49.9 Å². The molecule has 3 heterocycles. The Morgan fingerprint density at radius 1 is 1.02 bits per heavy atom. The normalized spacial score (nSPS) is 16.8. The number of thioether (sulfide) groups is 1. The van der Waals surface area contributed by atoms with Crippen molar-refractivity contribution in [2.75, 3.05) is 32.7 Å². The van der Waals surface area contributed by atoms with Crippen molar-refractivity contribution in [1.29, 1.82) is 0 Å². The summed E-state index contributed by atoms with van der Waals surface area (Å²) >= 11 is 3.07. The van der Waals surface area contributed by atoms with E-state index in [2.05, 4.69) is 29.2 Å². The van der Waals surface area contributed by atoms with Gasteiger partial charge < -0.3 is 4.90 Å². The summed E-state index contributed by atoms with van der Waals surface area (Å²) in [6.07, 6.45) is 8.58. The molecule has 1 unspecified atom stereocenters. The van der Waals surface area contributed by atoms with Crippen molar-refractivity contribution < 1.29 is 4.79 Å². The fraction of sp³-hybridized carbons (Fsp3) is 0.364. The van der Waals surface area contributed by atoms with Crippen LogP contribution in [0.25, 0.3) is 22.0 Å². The summed E-state index contributed by atoms with van der Waals surface area (Å²) < 4.78 is 1.75. The summed E-state index contributed by atoms with van der Waals surface area (Å²) in [4.78, 5) is 39.2. The molecule has 1 aliphatic heterocycles. The first-order valence-corrected chi connectivity index (χ1v) is 16.2. The monoisotopic (exact) mass is 584 g/mol. The summed E-state index contributed by atoms with van der Waals surface area (Å²) in [5, 5.41) is 1.02. The van der Waals surface area contributed by atoms with Crippen LogP contribution in [0.4, 0.5) is 0 Å². The summed E-state index contributed by atoms with van der Waals surface area (Å²) in [7, 11) is 0. The number of aromatic nitrogens is 2. The number of hydrogen-bond donors (Lipinski definition) is 0. The Bertz CT molecular complexity index is 1630. The van der Waals surface area contributed by atoms with Gasteiger partial charge in [0.2, 0.25) is 5.91 Å². The Labute approximate surface area is 249 Å². The van der Waals surface area contributed by atoms with E-state index < -0.39 is 0 Å². The first-order valence-electron chi connectivity index (χ1n) is 14.5. The number of carbonyl (C=O) groups is 1. The number of rotatable bonds is 7. The van der Waals surface area contributed by atoms with Gasteiger partial charge in [0.05, 0.1) is 16.3 Å². The van der Waals surface area contributed by atoms with Gasteiger partial charge in [-0.1, -0.05) is 72.4 Å². The van der Waals surface area contributed by atoms with Crippen molar-refractivity contribution in [3.63, 3.8) is 0 Å². The molecule has 2 aromatic carbocycles. The first-order chi connectivity index (χ1) is 20.0. The molecule has 0 bridgehead atoms. The van der Waals surface area contributed by atoms with E-state index in [0.717, 1.165) is 66.8 Å². The summed E-state index contributed by atoms with van der Waals surface area (Å²) in [6.45, 7) is 7.95. The molecule has 2 aliphatic rings. The minimum atomic E-state index is -0.353. The molecule has 2 aromatic heterocycles. The first kappa shape index (κ1) is 27.9. The van der Waals surface area contributed by atoms with Gasteiger partial charge in [-0.3, -0.25) is 19.1 Å². The second-order valence-electron chi connectivity index (χ2n) is 10.9. The minimum Gasteiger partial charge on any atom is -0.339 e. The third kappa shape index (κ3) is 5.92. The van der Waals surface area contributed by atoms with E-state index in [-0.39, 0.29) is 16.7 Å². The Morgan fingerprint density at radius 3 is 2.54 bits per heavy atom. The predicted molar refractivity (Wildman–Crippen MR) is 170 cm³/mol. The van der Waals surface area contributed by atoms with Crippen LogP contribution in [0.5, 0.6) is 0 Å². The average molecular weight is 585 g/mol. The molecular formula is C33H36N4O2S2. The number of nitrogens with zero attached hydrogens (tertiary/aromatic N) is 4. The number of fused-ring (bicyclic) bond motifs is 3. The van der Waals surface area contributed by atoms with Crippen LogP contribution < -0.4 is 5.56 Å². The third-order valence-corrected chi connectivity index (χ3v) is 10.3. The van der Waals surface area contributed by atoms with Crippen LogP contribution in [0.1, 0.15) is 41.3 Å². The number of benzene rings is 2. The second-order valence-corrected chi connectivity index (χ2v) is 13.3. The quantitative estimate of drug-likeness (QED) is 0.198. The van der Waals surface area contributed by atoms with Crippen molar-refractivity contribution in [2.24, 2.45) is 0 Å². The maximum atomic E-state index is 14.1. The molecule has 41 heavy (non-hydrogen) atoms. The SMILES string of the molecule is Cc1ccccc1-n1c(SC(C)C(=O)N2CCN(C/C=C/c3ccccc3)CC2)nc2sc3c(c2c1=O)CCCC3. The number of hydrogen-bond acceptors (Lipinski definition) is 6.